The first-order valence-corrected chi connectivity index (χ1v) is 8.20. The van der Waals surface area contributed by atoms with Crippen LogP contribution in [0.1, 0.15) is 17.5 Å². The molecule has 1 aromatic carbocycles. The fourth-order valence-electron chi connectivity index (χ4n) is 2.40. The first-order chi connectivity index (χ1) is 11.6. The number of carbonyl (C=O) groups is 1. The molecule has 6 nitrogen and oxygen atoms in total. The molecule has 0 saturated heterocycles. The van der Waals surface area contributed by atoms with Gasteiger partial charge in [-0.25, -0.2) is 4.98 Å². The molecule has 24 heavy (non-hydrogen) atoms. The predicted octanol–water partition coefficient (Wildman–Crippen LogP) is 2.67. The molecule has 0 aliphatic carbocycles. The molecule has 3 rings (SSSR count). The van der Waals surface area contributed by atoms with E-state index < -0.39 is 0 Å². The second kappa shape index (κ2) is 6.64. The summed E-state index contributed by atoms with van der Waals surface area (Å²) >= 11 is 1.30. The summed E-state index contributed by atoms with van der Waals surface area (Å²) in [6.45, 7) is 2.13. The van der Waals surface area contributed by atoms with E-state index in [9.17, 15) is 9.59 Å². The van der Waals surface area contributed by atoms with Gasteiger partial charge >= 0.3 is 0 Å². The van der Waals surface area contributed by atoms with Gasteiger partial charge in [0.2, 0.25) is 5.91 Å². The molecule has 0 fully saturated rings. The smallest absolute Gasteiger partial charge is 0.261 e. The van der Waals surface area contributed by atoms with E-state index >= 15 is 0 Å². The fourth-order valence-corrected chi connectivity index (χ4v) is 3.16. The quantitative estimate of drug-likeness (QED) is 0.792. The number of nitrogens with zero attached hydrogens (tertiary/aromatic N) is 3. The van der Waals surface area contributed by atoms with E-state index in [1.807, 2.05) is 25.1 Å². The van der Waals surface area contributed by atoms with Gasteiger partial charge in [0, 0.05) is 13.0 Å². The Morgan fingerprint density at radius 1 is 1.42 bits per heavy atom. The number of rotatable bonds is 4. The minimum atomic E-state index is -0.245. The molecule has 2 aromatic heterocycles. The lowest BCUT2D eigenvalue weighted by Crippen LogP contribution is -2.23. The molecule has 2 heterocycles. The molecule has 1 amide bonds. The third-order valence-electron chi connectivity index (χ3n) is 3.67. The molecule has 3 aromatic rings. The van der Waals surface area contributed by atoms with Crippen LogP contribution in [-0.2, 0) is 11.3 Å². The van der Waals surface area contributed by atoms with E-state index in [0.29, 0.717) is 21.5 Å². The summed E-state index contributed by atoms with van der Waals surface area (Å²) in [7, 11) is 0. The lowest BCUT2D eigenvalue weighted by molar-refractivity contribution is -0.116. The van der Waals surface area contributed by atoms with Crippen LogP contribution >= 0.6 is 11.3 Å². The van der Waals surface area contributed by atoms with E-state index in [2.05, 4.69) is 10.3 Å². The number of benzene rings is 1. The van der Waals surface area contributed by atoms with Gasteiger partial charge in [0.05, 0.1) is 22.8 Å². The summed E-state index contributed by atoms with van der Waals surface area (Å²) in [5, 5.41) is 14.5. The van der Waals surface area contributed by atoms with E-state index in [1.165, 1.54) is 22.2 Å². The van der Waals surface area contributed by atoms with Gasteiger partial charge in [0.15, 0.2) is 0 Å². The number of carbonyl (C=O) groups excluding carboxylic acids is 1. The number of aryl methyl sites for hydroxylation is 2. The maximum atomic E-state index is 12.5. The highest BCUT2D eigenvalue weighted by atomic mass is 32.1. The summed E-state index contributed by atoms with van der Waals surface area (Å²) in [6, 6.07) is 9.13. The Hall–Kier alpha value is -2.98. The van der Waals surface area contributed by atoms with Crippen molar-refractivity contribution in [1.29, 1.82) is 5.26 Å². The number of amides is 1. The molecule has 120 valence electrons. The number of hydrogen-bond acceptors (Lipinski definition) is 5. The number of nitriles is 1. The molecule has 0 aliphatic rings. The normalized spacial score (nSPS) is 10.5. The van der Waals surface area contributed by atoms with Gasteiger partial charge in [-0.2, -0.15) is 5.26 Å². The van der Waals surface area contributed by atoms with Crippen molar-refractivity contribution in [3.05, 3.63) is 57.5 Å². The van der Waals surface area contributed by atoms with Crippen molar-refractivity contribution >= 4 is 33.1 Å². The molecule has 0 aliphatic heterocycles. The van der Waals surface area contributed by atoms with Crippen LogP contribution in [0.15, 0.2) is 40.8 Å². The molecule has 7 heteroatoms. The molecule has 0 unspecified atom stereocenters. The number of thiophene rings is 1. The Kier molecular flexibility index (Phi) is 4.40. The first-order valence-electron chi connectivity index (χ1n) is 7.32. The average molecular weight is 338 g/mol. The summed E-state index contributed by atoms with van der Waals surface area (Å²) in [5.41, 5.74) is 1.90. The molecule has 0 radical (unpaired) electrons. The van der Waals surface area contributed by atoms with Crippen LogP contribution in [0.2, 0.25) is 0 Å². The first kappa shape index (κ1) is 15.9. The second-order valence-electron chi connectivity index (χ2n) is 5.29. The zero-order valence-corrected chi connectivity index (χ0v) is 13.8. The summed E-state index contributed by atoms with van der Waals surface area (Å²) in [5.74, 6) is -0.245. The fraction of sp³-hybridized carbons (Fsp3) is 0.176. The summed E-state index contributed by atoms with van der Waals surface area (Å²) in [6.07, 6.45) is 1.60. The Balaban J connectivity index is 1.74. The van der Waals surface area contributed by atoms with Crippen LogP contribution in [0.5, 0.6) is 0 Å². The number of nitrogens with one attached hydrogen (secondary N) is 1. The van der Waals surface area contributed by atoms with Crippen molar-refractivity contribution in [3.8, 4) is 6.07 Å². The zero-order valence-electron chi connectivity index (χ0n) is 12.9. The Labute approximate surface area is 142 Å². The third-order valence-corrected chi connectivity index (χ3v) is 4.50. The lowest BCUT2D eigenvalue weighted by Gasteiger charge is -2.08. The highest BCUT2D eigenvalue weighted by Gasteiger charge is 2.10. The number of hydrogen-bond donors (Lipinski definition) is 1. The van der Waals surface area contributed by atoms with Crippen LogP contribution in [-0.4, -0.2) is 15.5 Å². The highest BCUT2D eigenvalue weighted by molar-refractivity contribution is 7.14. The van der Waals surface area contributed by atoms with Crippen molar-refractivity contribution in [2.75, 3.05) is 5.32 Å². The number of aromatic nitrogens is 2. The van der Waals surface area contributed by atoms with Gasteiger partial charge in [-0.05, 0) is 30.0 Å². The molecule has 0 saturated carbocycles. The van der Waals surface area contributed by atoms with Crippen molar-refractivity contribution in [2.45, 2.75) is 19.9 Å². The van der Waals surface area contributed by atoms with E-state index in [-0.39, 0.29) is 24.4 Å². The molecular formula is C17H14N4O2S. The average Bonchev–Trinajstić information content (AvgIpc) is 3.02. The van der Waals surface area contributed by atoms with Crippen LogP contribution < -0.4 is 10.9 Å². The van der Waals surface area contributed by atoms with Crippen molar-refractivity contribution in [1.82, 2.24) is 9.55 Å². The topological polar surface area (TPSA) is 87.8 Å². The third kappa shape index (κ3) is 3.05. The lowest BCUT2D eigenvalue weighted by atomic mass is 10.1. The second-order valence-corrected chi connectivity index (χ2v) is 6.20. The van der Waals surface area contributed by atoms with E-state index in [1.54, 1.807) is 17.5 Å². The predicted molar refractivity (Wildman–Crippen MR) is 93.0 cm³/mol. The molecule has 0 spiro atoms. The van der Waals surface area contributed by atoms with Gasteiger partial charge in [-0.1, -0.05) is 12.1 Å². The van der Waals surface area contributed by atoms with Gasteiger partial charge < -0.3 is 5.32 Å². The van der Waals surface area contributed by atoms with Gasteiger partial charge in [-0.15, -0.1) is 11.3 Å². The molecule has 0 bridgehead atoms. The highest BCUT2D eigenvalue weighted by Crippen LogP contribution is 2.22. The van der Waals surface area contributed by atoms with E-state index in [4.69, 9.17) is 5.26 Å². The maximum Gasteiger partial charge on any atom is 0.261 e. The Bertz CT molecular complexity index is 1010. The maximum absolute atomic E-state index is 12.5. The summed E-state index contributed by atoms with van der Waals surface area (Å²) in [4.78, 5) is 28.8. The van der Waals surface area contributed by atoms with Gasteiger partial charge in [0.25, 0.3) is 5.56 Å². The number of anilines is 1. The monoisotopic (exact) mass is 338 g/mol. The molecule has 0 atom stereocenters. The van der Waals surface area contributed by atoms with Gasteiger partial charge in [-0.3, -0.25) is 14.2 Å². The Morgan fingerprint density at radius 3 is 3.04 bits per heavy atom. The standard InChI is InChI=1S/C17H14N4O2S/c1-11-3-2-4-13-15(11)19-10-21(17(13)23)7-5-14(22)20-16-12(9-18)6-8-24-16/h2-4,6,8,10H,5,7H2,1H3,(H,20,22). The Morgan fingerprint density at radius 2 is 2.25 bits per heavy atom. The van der Waals surface area contributed by atoms with Gasteiger partial charge in [0.1, 0.15) is 11.1 Å². The zero-order chi connectivity index (χ0) is 17.1. The van der Waals surface area contributed by atoms with Crippen LogP contribution in [0, 0.1) is 18.3 Å². The summed E-state index contributed by atoms with van der Waals surface area (Å²) < 4.78 is 1.43. The molecular weight excluding hydrogens is 324 g/mol. The van der Waals surface area contributed by atoms with Crippen molar-refractivity contribution in [3.63, 3.8) is 0 Å². The minimum Gasteiger partial charge on any atom is -0.317 e. The molecule has 1 N–H and O–H groups in total. The van der Waals surface area contributed by atoms with E-state index in [0.717, 1.165) is 5.56 Å². The van der Waals surface area contributed by atoms with Crippen LogP contribution in [0.4, 0.5) is 5.00 Å². The van der Waals surface area contributed by atoms with Crippen LogP contribution in [0.3, 0.4) is 0 Å². The SMILES string of the molecule is Cc1cccc2c(=O)n(CCC(=O)Nc3sccc3C#N)cnc12. The van der Waals surface area contributed by atoms with Crippen LogP contribution in [0.25, 0.3) is 10.9 Å². The number of fused-ring (bicyclic) bond motifs is 1. The largest absolute Gasteiger partial charge is 0.317 e. The van der Waals surface area contributed by atoms with Crippen molar-refractivity contribution in [2.24, 2.45) is 0 Å². The van der Waals surface area contributed by atoms with Crippen molar-refractivity contribution < 1.29 is 4.79 Å². The minimum absolute atomic E-state index is 0.127. The number of para-hydroxylation sites is 1.